The molecule has 260 valence electrons. The zero-order valence-electron chi connectivity index (χ0n) is 28.6. The van der Waals surface area contributed by atoms with Crippen molar-refractivity contribution in [2.24, 2.45) is 5.73 Å². The second-order valence-corrected chi connectivity index (χ2v) is 13.7. The van der Waals surface area contributed by atoms with E-state index in [1.54, 1.807) is 29.1 Å². The van der Waals surface area contributed by atoms with Gasteiger partial charge in [-0.05, 0) is 70.5 Å². The van der Waals surface area contributed by atoms with Crippen LogP contribution in [0.15, 0.2) is 67.0 Å². The summed E-state index contributed by atoms with van der Waals surface area (Å²) in [6.45, 7) is 10.0. The Bertz CT molecular complexity index is 2040. The molecule has 0 bridgehead atoms. The molecule has 1 saturated heterocycles. The van der Waals surface area contributed by atoms with E-state index in [9.17, 15) is 9.18 Å². The Morgan fingerprint density at radius 3 is 2.70 bits per heavy atom. The van der Waals surface area contributed by atoms with Gasteiger partial charge in [-0.25, -0.2) is 14.4 Å². The number of aromatic nitrogens is 5. The number of fused-ring (bicyclic) bond motifs is 1. The number of benzene rings is 2. The molecule has 4 heterocycles. The maximum absolute atomic E-state index is 14.3. The smallest absolute Gasteiger partial charge is 0.251 e. The van der Waals surface area contributed by atoms with E-state index in [0.29, 0.717) is 48.9 Å². The number of ether oxygens (including phenoxy) is 3. The fraction of sp³-hybridized carbons (Fsp3) is 0.378. The first-order valence-corrected chi connectivity index (χ1v) is 16.5. The quantitative estimate of drug-likeness (QED) is 0.165. The molecule has 0 radical (unpaired) electrons. The third kappa shape index (κ3) is 8.16. The normalized spacial score (nSPS) is 14.7. The van der Waals surface area contributed by atoms with Crippen molar-refractivity contribution in [1.29, 1.82) is 5.26 Å². The highest BCUT2D eigenvalue weighted by molar-refractivity contribution is 5.97. The number of rotatable bonds is 14. The fourth-order valence-corrected chi connectivity index (χ4v) is 5.39. The van der Waals surface area contributed by atoms with Crippen LogP contribution in [0.25, 0.3) is 22.3 Å². The summed E-state index contributed by atoms with van der Waals surface area (Å²) in [5.74, 6) is 0.386. The highest BCUT2D eigenvalue weighted by Gasteiger charge is 2.27. The molecule has 2 aromatic carbocycles. The van der Waals surface area contributed by atoms with Crippen LogP contribution in [0.5, 0.6) is 5.88 Å². The zero-order chi connectivity index (χ0) is 35.5. The first-order valence-electron chi connectivity index (χ1n) is 16.5. The van der Waals surface area contributed by atoms with Crippen LogP contribution in [-0.4, -0.2) is 67.2 Å². The van der Waals surface area contributed by atoms with Crippen molar-refractivity contribution in [3.8, 4) is 23.2 Å². The van der Waals surface area contributed by atoms with Gasteiger partial charge in [-0.2, -0.15) is 10.4 Å². The van der Waals surface area contributed by atoms with Crippen molar-refractivity contribution in [1.82, 2.24) is 29.6 Å². The first kappa shape index (κ1) is 34.7. The summed E-state index contributed by atoms with van der Waals surface area (Å²) < 4.78 is 35.7. The lowest BCUT2D eigenvalue weighted by atomic mass is 10.0. The molecule has 1 amide bonds. The number of pyridine rings is 1. The second-order valence-electron chi connectivity index (χ2n) is 13.7. The molecular formula is C37H41FN8O4. The summed E-state index contributed by atoms with van der Waals surface area (Å²) in [6, 6.07) is 17.1. The molecule has 0 aliphatic carbocycles. The van der Waals surface area contributed by atoms with Gasteiger partial charge in [0.05, 0.1) is 71.5 Å². The van der Waals surface area contributed by atoms with Gasteiger partial charge in [0.2, 0.25) is 5.88 Å². The van der Waals surface area contributed by atoms with Crippen LogP contribution in [-0.2, 0) is 29.2 Å². The number of nitrogens with one attached hydrogen (secondary N) is 1. The predicted molar refractivity (Wildman–Crippen MR) is 185 cm³/mol. The molecule has 3 N–H and O–H groups in total. The number of carbonyl (C=O) groups excluding carboxylic acids is 1. The van der Waals surface area contributed by atoms with Gasteiger partial charge in [0.15, 0.2) is 0 Å². The number of hydrogen-bond donors (Lipinski definition) is 2. The van der Waals surface area contributed by atoms with E-state index in [0.717, 1.165) is 35.4 Å². The minimum atomic E-state index is -0.620. The number of nitriles is 1. The molecule has 1 fully saturated rings. The van der Waals surface area contributed by atoms with Gasteiger partial charge < -0.3 is 29.8 Å². The molecule has 50 heavy (non-hydrogen) atoms. The number of nitrogens with two attached hydrogens (primary N) is 1. The summed E-state index contributed by atoms with van der Waals surface area (Å²) in [6.07, 6.45) is 4.60. The molecule has 1 aliphatic rings. The summed E-state index contributed by atoms with van der Waals surface area (Å²) in [5, 5.41) is 16.7. The van der Waals surface area contributed by atoms with Crippen molar-refractivity contribution in [2.75, 3.05) is 19.8 Å². The summed E-state index contributed by atoms with van der Waals surface area (Å²) >= 11 is 0. The Hall–Kier alpha value is -5.16. The molecular weight excluding hydrogens is 639 g/mol. The van der Waals surface area contributed by atoms with Crippen LogP contribution in [0.2, 0.25) is 0 Å². The lowest BCUT2D eigenvalue weighted by molar-refractivity contribution is -0.0590. The lowest BCUT2D eigenvalue weighted by Gasteiger charge is -2.32. The predicted octanol–water partition coefficient (Wildman–Crippen LogP) is 4.98. The maximum Gasteiger partial charge on any atom is 0.251 e. The number of amides is 1. The zero-order valence-corrected chi connectivity index (χ0v) is 28.6. The summed E-state index contributed by atoms with van der Waals surface area (Å²) in [7, 11) is 0. The van der Waals surface area contributed by atoms with Gasteiger partial charge in [-0.3, -0.25) is 9.48 Å². The summed E-state index contributed by atoms with van der Waals surface area (Å²) in [5.41, 5.74) is 8.79. The highest BCUT2D eigenvalue weighted by atomic mass is 19.1. The minimum absolute atomic E-state index is 0.0309. The first-order chi connectivity index (χ1) is 23.9. The fourth-order valence-electron chi connectivity index (χ4n) is 5.39. The molecule has 1 atom stereocenters. The molecule has 0 saturated carbocycles. The molecule has 1 unspecified atom stereocenters. The topological polar surface area (TPSA) is 155 Å². The number of imidazole rings is 1. The standard InChI is InChI=1S/C37H41FN8O4/c1-36(2,23-50-37(3,4)22-40)44-35(47)25-10-11-31-32(15-25)46(19-28-12-13-48-28)33(42-31)20-45-18-27(17-41-45)30-6-5-7-34(43-30)49-21-26-9-8-24(16-39)14-29(26)38/h5-11,14-15,17-18,28H,12-13,19-23,40H2,1-4H3,(H,44,47). The van der Waals surface area contributed by atoms with E-state index >= 15 is 0 Å². The third-order valence-electron chi connectivity index (χ3n) is 8.55. The average molecular weight is 681 g/mol. The van der Waals surface area contributed by atoms with Gasteiger partial charge in [0.1, 0.15) is 18.2 Å². The van der Waals surface area contributed by atoms with Gasteiger partial charge in [0, 0.05) is 42.1 Å². The molecule has 3 aromatic heterocycles. The van der Waals surface area contributed by atoms with Crippen molar-refractivity contribution in [3.05, 3.63) is 95.3 Å². The van der Waals surface area contributed by atoms with E-state index in [4.69, 9.17) is 30.2 Å². The average Bonchev–Trinajstić information content (AvgIpc) is 3.69. The minimum Gasteiger partial charge on any atom is -0.473 e. The van der Waals surface area contributed by atoms with E-state index in [1.807, 2.05) is 64.2 Å². The van der Waals surface area contributed by atoms with Gasteiger partial charge >= 0.3 is 0 Å². The van der Waals surface area contributed by atoms with E-state index in [-0.39, 0.29) is 24.2 Å². The molecule has 0 spiro atoms. The van der Waals surface area contributed by atoms with Crippen LogP contribution >= 0.6 is 0 Å². The van der Waals surface area contributed by atoms with E-state index in [2.05, 4.69) is 20.0 Å². The van der Waals surface area contributed by atoms with Crippen LogP contribution in [0, 0.1) is 17.1 Å². The number of hydrogen-bond acceptors (Lipinski definition) is 9. The van der Waals surface area contributed by atoms with Crippen molar-refractivity contribution >= 4 is 16.9 Å². The molecule has 12 nitrogen and oxygen atoms in total. The lowest BCUT2D eigenvalue weighted by Crippen LogP contribution is -2.49. The van der Waals surface area contributed by atoms with E-state index < -0.39 is 17.0 Å². The van der Waals surface area contributed by atoms with Crippen LogP contribution in [0.1, 0.15) is 61.4 Å². The third-order valence-corrected chi connectivity index (χ3v) is 8.55. The van der Waals surface area contributed by atoms with Crippen LogP contribution in [0.3, 0.4) is 0 Å². The molecule has 5 aromatic rings. The molecule has 6 rings (SSSR count). The van der Waals surface area contributed by atoms with Gasteiger partial charge in [0.25, 0.3) is 5.91 Å². The Morgan fingerprint density at radius 2 is 1.98 bits per heavy atom. The number of carbonyl (C=O) groups is 1. The van der Waals surface area contributed by atoms with Gasteiger partial charge in [-0.15, -0.1) is 0 Å². The maximum atomic E-state index is 14.3. The monoisotopic (exact) mass is 680 g/mol. The van der Waals surface area contributed by atoms with Crippen LogP contribution < -0.4 is 15.8 Å². The Labute approximate surface area is 290 Å². The highest BCUT2D eigenvalue weighted by Crippen LogP contribution is 2.25. The summed E-state index contributed by atoms with van der Waals surface area (Å²) in [4.78, 5) is 22.9. The van der Waals surface area contributed by atoms with E-state index in [1.165, 1.54) is 12.1 Å². The Kier molecular flexibility index (Phi) is 9.97. The number of halogens is 1. The Morgan fingerprint density at radius 1 is 1.16 bits per heavy atom. The Balaban J connectivity index is 1.18. The van der Waals surface area contributed by atoms with Crippen molar-refractivity contribution in [3.63, 3.8) is 0 Å². The molecule has 13 heteroatoms. The van der Waals surface area contributed by atoms with Crippen LogP contribution in [0.4, 0.5) is 4.39 Å². The van der Waals surface area contributed by atoms with Crippen molar-refractivity contribution < 1.29 is 23.4 Å². The second kappa shape index (κ2) is 14.4. The molecule has 1 aliphatic heterocycles. The SMILES string of the molecule is CC(C)(COC(C)(C)CN)NC(=O)c1ccc2nc(Cn3cc(-c4cccc(OCc5ccc(C#N)cc5F)n4)cn3)n(CC3CCO3)c2c1. The number of nitrogens with zero attached hydrogens (tertiary/aromatic N) is 6. The van der Waals surface area contributed by atoms with Crippen molar-refractivity contribution in [2.45, 2.75) is 71.1 Å². The largest absolute Gasteiger partial charge is 0.473 e. The van der Waals surface area contributed by atoms with Gasteiger partial charge in [-0.1, -0.05) is 12.1 Å².